The first kappa shape index (κ1) is 26.9. The molecule has 0 bridgehead atoms. The first-order valence-electron chi connectivity index (χ1n) is 11.8. The van der Waals surface area contributed by atoms with E-state index < -0.39 is 0 Å². The van der Waals surface area contributed by atoms with E-state index in [1.54, 1.807) is 14.0 Å². The number of methoxy groups -OCH3 is 1. The third kappa shape index (κ3) is 7.05. The molecular formula is C26H36N4O4. The van der Waals surface area contributed by atoms with Crippen molar-refractivity contribution in [2.45, 2.75) is 60.0 Å². The number of pyridine rings is 2. The number of ether oxygens (including phenoxy) is 1. The van der Waals surface area contributed by atoms with E-state index in [0.29, 0.717) is 31.2 Å². The van der Waals surface area contributed by atoms with Crippen LogP contribution >= 0.6 is 0 Å². The van der Waals surface area contributed by atoms with E-state index in [4.69, 9.17) is 4.74 Å². The molecule has 1 fully saturated rings. The molecule has 2 N–H and O–H groups in total. The Morgan fingerprint density at radius 1 is 1.15 bits per heavy atom. The second-order valence-corrected chi connectivity index (χ2v) is 7.56. The lowest BCUT2D eigenvalue weighted by Gasteiger charge is -2.14. The van der Waals surface area contributed by atoms with E-state index in [9.17, 15) is 9.59 Å². The summed E-state index contributed by atoms with van der Waals surface area (Å²) in [6, 6.07) is 10.3. The van der Waals surface area contributed by atoms with Crippen LogP contribution < -0.4 is 21.1 Å². The fraction of sp³-hybridized carbons (Fsp3) is 0.423. The fourth-order valence-electron chi connectivity index (χ4n) is 3.45. The fourth-order valence-corrected chi connectivity index (χ4v) is 3.45. The maximum absolute atomic E-state index is 13.2. The van der Waals surface area contributed by atoms with Gasteiger partial charge in [-0.15, -0.1) is 0 Å². The number of carbonyl (C=O) groups excluding carboxylic acids is 1. The average molecular weight is 469 g/mol. The van der Waals surface area contributed by atoms with Crippen molar-refractivity contribution < 1.29 is 14.4 Å². The monoisotopic (exact) mass is 468 g/mol. The maximum atomic E-state index is 13.2. The summed E-state index contributed by atoms with van der Waals surface area (Å²) in [6.07, 6.45) is 4.72. The molecule has 0 atom stereocenters. The predicted octanol–water partition coefficient (Wildman–Crippen LogP) is 4.68. The van der Waals surface area contributed by atoms with Crippen LogP contribution in [-0.4, -0.2) is 35.7 Å². The average Bonchev–Trinajstić information content (AvgIpc) is 3.67. The number of aryl methyl sites for hydroxylation is 2. The standard InChI is InChI=1S/C21H23N3O2.C3H7NO2.C2H6/c1-4-24-19-11-20(23-16-5-6-16)22-12-15(19)10-18(21(24)25)14-7-13(2)8-17(9-14)26-3;1-2-6-4-3-5;1-2/h7-12,16H,4-6H2,1-3H3,(H,22,23);3H,2H2,1H3,(H,4,5);1-2H3. The molecule has 1 aromatic carbocycles. The molecule has 184 valence electrons. The zero-order chi connectivity index (χ0) is 25.1. The topological polar surface area (TPSA) is 94.5 Å². The van der Waals surface area contributed by atoms with Crippen molar-refractivity contribution in [3.8, 4) is 16.9 Å². The highest BCUT2D eigenvalue weighted by Gasteiger charge is 2.21. The molecule has 1 aliphatic carbocycles. The van der Waals surface area contributed by atoms with Crippen LogP contribution in [0.3, 0.4) is 0 Å². The zero-order valence-corrected chi connectivity index (χ0v) is 21.0. The molecule has 8 nitrogen and oxygen atoms in total. The molecule has 0 aliphatic heterocycles. The molecule has 34 heavy (non-hydrogen) atoms. The number of hydrogen-bond donors (Lipinski definition) is 2. The van der Waals surface area contributed by atoms with Gasteiger partial charge in [-0.05, 0) is 62.9 Å². The lowest BCUT2D eigenvalue weighted by atomic mass is 10.0. The van der Waals surface area contributed by atoms with Crippen molar-refractivity contribution in [2.75, 3.05) is 19.0 Å². The molecule has 0 spiro atoms. The Bertz CT molecular complexity index is 1140. The summed E-state index contributed by atoms with van der Waals surface area (Å²) in [7, 11) is 1.64. The van der Waals surface area contributed by atoms with Gasteiger partial charge in [-0.25, -0.2) is 10.5 Å². The van der Waals surface area contributed by atoms with E-state index in [1.165, 1.54) is 12.8 Å². The van der Waals surface area contributed by atoms with Gasteiger partial charge in [-0.1, -0.05) is 19.9 Å². The summed E-state index contributed by atoms with van der Waals surface area (Å²) in [6.45, 7) is 10.9. The largest absolute Gasteiger partial charge is 0.497 e. The minimum Gasteiger partial charge on any atom is -0.497 e. The lowest BCUT2D eigenvalue weighted by Crippen LogP contribution is -2.21. The minimum atomic E-state index is 0.0104. The number of fused-ring (bicyclic) bond motifs is 1. The summed E-state index contributed by atoms with van der Waals surface area (Å²) >= 11 is 0. The number of anilines is 1. The van der Waals surface area contributed by atoms with Crippen molar-refractivity contribution in [1.29, 1.82) is 0 Å². The third-order valence-electron chi connectivity index (χ3n) is 5.10. The first-order chi connectivity index (χ1) is 16.5. The van der Waals surface area contributed by atoms with Crippen LogP contribution in [0.2, 0.25) is 0 Å². The van der Waals surface area contributed by atoms with Gasteiger partial charge >= 0.3 is 0 Å². The molecule has 0 saturated heterocycles. The van der Waals surface area contributed by atoms with Crippen LogP contribution in [0.4, 0.5) is 5.82 Å². The number of carbonyl (C=O) groups is 1. The molecule has 3 aromatic rings. The SMILES string of the molecule is CC.CCONC=O.CCn1c(=O)c(-c2cc(C)cc(OC)c2)cc2cnc(NC3CC3)cc21. The molecule has 2 heterocycles. The molecule has 4 rings (SSSR count). The molecule has 0 unspecified atom stereocenters. The zero-order valence-electron chi connectivity index (χ0n) is 21.0. The molecule has 2 aromatic heterocycles. The van der Waals surface area contributed by atoms with Gasteiger partial charge in [0.05, 0.1) is 19.2 Å². The van der Waals surface area contributed by atoms with Crippen LogP contribution in [0.25, 0.3) is 22.0 Å². The van der Waals surface area contributed by atoms with Gasteiger partial charge in [0.1, 0.15) is 11.6 Å². The molecule has 8 heteroatoms. The van der Waals surface area contributed by atoms with E-state index in [1.807, 2.05) is 74.3 Å². The quantitative estimate of drug-likeness (QED) is 0.283. The van der Waals surface area contributed by atoms with Crippen LogP contribution in [0.15, 0.2) is 41.3 Å². The van der Waals surface area contributed by atoms with Crippen LogP contribution in [0.5, 0.6) is 5.75 Å². The smallest absolute Gasteiger partial charge is 0.258 e. The molecule has 1 aliphatic rings. The van der Waals surface area contributed by atoms with E-state index in [0.717, 1.165) is 33.6 Å². The van der Waals surface area contributed by atoms with Crippen LogP contribution in [-0.2, 0) is 16.2 Å². The number of benzene rings is 1. The normalized spacial score (nSPS) is 12.1. The van der Waals surface area contributed by atoms with E-state index in [2.05, 4.69) is 15.1 Å². The van der Waals surface area contributed by atoms with Gasteiger partial charge in [0.25, 0.3) is 5.56 Å². The number of aromatic nitrogens is 2. The summed E-state index contributed by atoms with van der Waals surface area (Å²) in [5, 5.41) is 4.37. The van der Waals surface area contributed by atoms with Gasteiger partial charge in [0, 0.05) is 35.8 Å². The van der Waals surface area contributed by atoms with Crippen molar-refractivity contribution in [3.63, 3.8) is 0 Å². The van der Waals surface area contributed by atoms with E-state index >= 15 is 0 Å². The summed E-state index contributed by atoms with van der Waals surface area (Å²) in [5.74, 6) is 1.59. The minimum absolute atomic E-state index is 0.0104. The Kier molecular flexibility index (Phi) is 10.5. The van der Waals surface area contributed by atoms with Gasteiger partial charge in [0.2, 0.25) is 6.41 Å². The molecular weight excluding hydrogens is 432 g/mol. The van der Waals surface area contributed by atoms with Crippen molar-refractivity contribution in [2.24, 2.45) is 0 Å². The summed E-state index contributed by atoms with van der Waals surface area (Å²) in [4.78, 5) is 31.4. The Morgan fingerprint density at radius 2 is 1.88 bits per heavy atom. The molecule has 1 saturated carbocycles. The number of amides is 1. The predicted molar refractivity (Wildman–Crippen MR) is 137 cm³/mol. The Hall–Kier alpha value is -3.39. The summed E-state index contributed by atoms with van der Waals surface area (Å²) in [5.41, 5.74) is 5.55. The van der Waals surface area contributed by atoms with Crippen LogP contribution in [0, 0.1) is 6.92 Å². The highest BCUT2D eigenvalue weighted by molar-refractivity contribution is 5.85. The van der Waals surface area contributed by atoms with Gasteiger partial charge < -0.3 is 14.6 Å². The molecule has 1 amide bonds. The van der Waals surface area contributed by atoms with E-state index in [-0.39, 0.29) is 5.56 Å². The van der Waals surface area contributed by atoms with Gasteiger partial charge in [-0.3, -0.25) is 14.4 Å². The number of hydroxylamine groups is 1. The Balaban J connectivity index is 0.000000447. The lowest BCUT2D eigenvalue weighted by molar-refractivity contribution is -0.120. The maximum Gasteiger partial charge on any atom is 0.258 e. The summed E-state index contributed by atoms with van der Waals surface area (Å²) < 4.78 is 7.19. The number of nitrogens with one attached hydrogen (secondary N) is 2. The number of hydrogen-bond acceptors (Lipinski definition) is 6. The molecule has 0 radical (unpaired) electrons. The third-order valence-corrected chi connectivity index (χ3v) is 5.10. The number of nitrogens with zero attached hydrogens (tertiary/aromatic N) is 2. The Morgan fingerprint density at radius 3 is 2.44 bits per heavy atom. The second kappa shape index (κ2) is 13.3. The second-order valence-electron chi connectivity index (χ2n) is 7.56. The van der Waals surface area contributed by atoms with Gasteiger partial charge in [-0.2, -0.15) is 0 Å². The number of rotatable bonds is 8. The first-order valence-corrected chi connectivity index (χ1v) is 11.8. The Labute approximate surface area is 201 Å². The van der Waals surface area contributed by atoms with Gasteiger partial charge in [0.15, 0.2) is 0 Å². The highest BCUT2D eigenvalue weighted by atomic mass is 16.6. The van der Waals surface area contributed by atoms with Crippen molar-refractivity contribution >= 4 is 23.1 Å². The van der Waals surface area contributed by atoms with Crippen molar-refractivity contribution in [3.05, 3.63) is 52.4 Å². The van der Waals surface area contributed by atoms with Crippen molar-refractivity contribution in [1.82, 2.24) is 15.0 Å². The highest BCUT2D eigenvalue weighted by Crippen LogP contribution is 2.28. The van der Waals surface area contributed by atoms with Crippen LogP contribution in [0.1, 0.15) is 46.1 Å².